The van der Waals surface area contributed by atoms with E-state index in [1.165, 1.54) is 12.1 Å². The predicted molar refractivity (Wildman–Crippen MR) is 97.6 cm³/mol. The molecule has 0 aliphatic carbocycles. The first-order valence-corrected chi connectivity index (χ1v) is 8.43. The Morgan fingerprint density at radius 2 is 1.96 bits per heavy atom. The second-order valence-corrected chi connectivity index (χ2v) is 7.76. The highest BCUT2D eigenvalue weighted by molar-refractivity contribution is 5.86. The van der Waals surface area contributed by atoms with Crippen molar-refractivity contribution < 1.29 is 14.5 Å². The molecule has 1 aromatic carbocycles. The molecule has 1 saturated heterocycles. The number of carbonyl (C=O) groups is 1. The van der Waals surface area contributed by atoms with E-state index < -0.39 is 4.92 Å². The summed E-state index contributed by atoms with van der Waals surface area (Å²) in [4.78, 5) is 24.4. The lowest BCUT2D eigenvalue weighted by Gasteiger charge is -2.28. The van der Waals surface area contributed by atoms with Crippen LogP contribution in [0.1, 0.15) is 34.1 Å². The van der Waals surface area contributed by atoms with Crippen molar-refractivity contribution in [2.24, 2.45) is 11.3 Å². The van der Waals surface area contributed by atoms with Crippen molar-refractivity contribution in [3.63, 3.8) is 0 Å². The summed E-state index contributed by atoms with van der Waals surface area (Å²) in [5.41, 5.74) is 1.49. The van der Waals surface area contributed by atoms with Crippen LogP contribution in [0.15, 0.2) is 36.4 Å². The lowest BCUT2D eigenvalue weighted by Crippen LogP contribution is -2.34. The maximum atomic E-state index is 11.7. The van der Waals surface area contributed by atoms with Gasteiger partial charge in [-0.15, -0.1) is 0 Å². The van der Waals surface area contributed by atoms with Gasteiger partial charge >= 0.3 is 5.97 Å². The Bertz CT molecular complexity index is 661. The average Bonchev–Trinajstić information content (AvgIpc) is 2.97. The summed E-state index contributed by atoms with van der Waals surface area (Å²) in [6.45, 7) is 13.0. The highest BCUT2D eigenvalue weighted by Crippen LogP contribution is 2.39. The zero-order valence-corrected chi connectivity index (χ0v) is 15.3. The summed E-state index contributed by atoms with van der Waals surface area (Å²) in [5.74, 6) is 0.0547. The third kappa shape index (κ3) is 4.59. The number of benzene rings is 1. The molecule has 1 aromatic rings. The molecule has 0 spiro atoms. The number of non-ortho nitro benzene ring substituents is 1. The van der Waals surface area contributed by atoms with Gasteiger partial charge in [0.1, 0.15) is 6.61 Å². The molecule has 2 atom stereocenters. The first kappa shape index (κ1) is 19.0. The Kier molecular flexibility index (Phi) is 5.50. The molecule has 0 bridgehead atoms. The summed E-state index contributed by atoms with van der Waals surface area (Å²) in [5, 5.41) is 10.8. The Hall–Kier alpha value is -2.37. The minimum atomic E-state index is -0.405. The van der Waals surface area contributed by atoms with E-state index in [1.54, 1.807) is 19.1 Å². The van der Waals surface area contributed by atoms with Crippen LogP contribution in [0.2, 0.25) is 0 Å². The second-order valence-electron chi connectivity index (χ2n) is 7.76. The van der Waals surface area contributed by atoms with Gasteiger partial charge in [0.25, 0.3) is 5.69 Å². The lowest BCUT2D eigenvalue weighted by atomic mass is 9.79. The molecule has 1 fully saturated rings. The van der Waals surface area contributed by atoms with Crippen LogP contribution in [-0.4, -0.2) is 30.1 Å². The average molecular weight is 346 g/mol. The van der Waals surface area contributed by atoms with Crippen LogP contribution in [0.4, 0.5) is 11.4 Å². The fourth-order valence-electron chi connectivity index (χ4n) is 3.08. The molecular weight excluding hydrogens is 320 g/mol. The van der Waals surface area contributed by atoms with Crippen molar-refractivity contribution in [3.8, 4) is 0 Å². The van der Waals surface area contributed by atoms with Crippen LogP contribution in [-0.2, 0) is 9.53 Å². The van der Waals surface area contributed by atoms with Gasteiger partial charge in [0.05, 0.1) is 11.0 Å². The van der Waals surface area contributed by atoms with Gasteiger partial charge in [-0.25, -0.2) is 4.79 Å². The monoisotopic (exact) mass is 346 g/mol. The SMILES string of the molecule is C=C(C)C(=O)OCC1CC(C(C)(C)C)CN1c1ccc([N+](=O)[O-])cc1. The van der Waals surface area contributed by atoms with Crippen molar-refractivity contribution in [2.75, 3.05) is 18.1 Å². The predicted octanol–water partition coefficient (Wildman–Crippen LogP) is 3.96. The number of nitro groups is 1. The normalized spacial score (nSPS) is 20.4. The van der Waals surface area contributed by atoms with Gasteiger partial charge in [0.2, 0.25) is 0 Å². The summed E-state index contributed by atoms with van der Waals surface area (Å²) in [6, 6.07) is 6.59. The van der Waals surface area contributed by atoms with Crippen LogP contribution in [0.25, 0.3) is 0 Å². The van der Waals surface area contributed by atoms with Gasteiger partial charge in [-0.1, -0.05) is 27.4 Å². The van der Waals surface area contributed by atoms with Crippen molar-refractivity contribution in [1.82, 2.24) is 0 Å². The van der Waals surface area contributed by atoms with Gasteiger partial charge in [0.15, 0.2) is 0 Å². The van der Waals surface area contributed by atoms with E-state index >= 15 is 0 Å². The van der Waals surface area contributed by atoms with E-state index in [1.807, 2.05) is 0 Å². The first-order chi connectivity index (χ1) is 11.6. The number of rotatable bonds is 5. The van der Waals surface area contributed by atoms with Gasteiger partial charge in [-0.2, -0.15) is 0 Å². The highest BCUT2D eigenvalue weighted by atomic mass is 16.6. The number of hydrogen-bond acceptors (Lipinski definition) is 5. The molecule has 136 valence electrons. The molecule has 6 nitrogen and oxygen atoms in total. The largest absolute Gasteiger partial charge is 0.460 e. The van der Waals surface area contributed by atoms with Crippen LogP contribution >= 0.6 is 0 Å². The number of nitro benzene ring substituents is 1. The van der Waals surface area contributed by atoms with Gasteiger partial charge in [0, 0.05) is 29.9 Å². The summed E-state index contributed by atoms with van der Waals surface area (Å²) in [7, 11) is 0. The van der Waals surface area contributed by atoms with Crippen molar-refractivity contribution in [2.45, 2.75) is 40.2 Å². The molecule has 1 aliphatic rings. The molecule has 0 radical (unpaired) electrons. The van der Waals surface area contributed by atoms with Gasteiger partial charge < -0.3 is 9.64 Å². The first-order valence-electron chi connectivity index (χ1n) is 8.43. The molecule has 0 aromatic heterocycles. The molecular formula is C19H26N2O4. The standard InChI is InChI=1S/C19H26N2O4/c1-13(2)18(22)25-12-17-10-14(19(3,4)5)11-20(17)15-6-8-16(9-7-15)21(23)24/h6-9,14,17H,1,10-12H2,2-5H3. The van der Waals surface area contributed by atoms with Crippen molar-refractivity contribution in [3.05, 3.63) is 46.5 Å². The number of esters is 1. The number of hydrogen-bond donors (Lipinski definition) is 0. The van der Waals surface area contributed by atoms with E-state index in [9.17, 15) is 14.9 Å². The Labute approximate surface area is 148 Å². The van der Waals surface area contributed by atoms with Crippen LogP contribution in [0, 0.1) is 21.4 Å². The van der Waals surface area contributed by atoms with Crippen LogP contribution in [0.3, 0.4) is 0 Å². The van der Waals surface area contributed by atoms with Gasteiger partial charge in [-0.3, -0.25) is 10.1 Å². The minimum absolute atomic E-state index is 0.0500. The summed E-state index contributed by atoms with van der Waals surface area (Å²) < 4.78 is 5.37. The summed E-state index contributed by atoms with van der Waals surface area (Å²) in [6.07, 6.45) is 0.907. The Morgan fingerprint density at radius 3 is 2.44 bits per heavy atom. The maximum Gasteiger partial charge on any atom is 0.333 e. The molecule has 1 heterocycles. The summed E-state index contributed by atoms with van der Waals surface area (Å²) >= 11 is 0. The third-order valence-electron chi connectivity index (χ3n) is 4.79. The molecule has 0 amide bonds. The molecule has 1 aliphatic heterocycles. The van der Waals surface area contributed by atoms with Crippen molar-refractivity contribution in [1.29, 1.82) is 0 Å². The highest BCUT2D eigenvalue weighted by Gasteiger charge is 2.39. The zero-order chi connectivity index (χ0) is 18.8. The van der Waals surface area contributed by atoms with Crippen LogP contribution < -0.4 is 4.90 Å². The fraction of sp³-hybridized carbons (Fsp3) is 0.526. The van der Waals surface area contributed by atoms with Crippen molar-refractivity contribution >= 4 is 17.3 Å². The third-order valence-corrected chi connectivity index (χ3v) is 4.79. The quantitative estimate of drug-likeness (QED) is 0.349. The number of carbonyl (C=O) groups excluding carboxylic acids is 1. The second kappa shape index (κ2) is 7.25. The van der Waals surface area contributed by atoms with E-state index in [-0.39, 0.29) is 29.7 Å². The minimum Gasteiger partial charge on any atom is -0.460 e. The Balaban J connectivity index is 2.19. The van der Waals surface area contributed by atoms with E-state index in [0.717, 1.165) is 18.7 Å². The number of ether oxygens (including phenoxy) is 1. The fourth-order valence-corrected chi connectivity index (χ4v) is 3.08. The Morgan fingerprint density at radius 1 is 1.36 bits per heavy atom. The van der Waals surface area contributed by atoms with Gasteiger partial charge in [-0.05, 0) is 36.8 Å². The molecule has 0 saturated carbocycles. The molecule has 2 rings (SSSR count). The maximum absolute atomic E-state index is 11.7. The van der Waals surface area contributed by atoms with Crippen LogP contribution in [0.5, 0.6) is 0 Å². The zero-order valence-electron chi connectivity index (χ0n) is 15.3. The van der Waals surface area contributed by atoms with E-state index in [4.69, 9.17) is 4.74 Å². The molecule has 6 heteroatoms. The number of anilines is 1. The molecule has 2 unspecified atom stereocenters. The lowest BCUT2D eigenvalue weighted by molar-refractivity contribution is -0.384. The number of nitrogens with zero attached hydrogens (tertiary/aromatic N) is 2. The van der Waals surface area contributed by atoms with E-state index in [0.29, 0.717) is 11.5 Å². The topological polar surface area (TPSA) is 72.7 Å². The smallest absolute Gasteiger partial charge is 0.333 e. The van der Waals surface area contributed by atoms with E-state index in [2.05, 4.69) is 32.3 Å². The molecule has 25 heavy (non-hydrogen) atoms. The molecule has 0 N–H and O–H groups in total.